The summed E-state index contributed by atoms with van der Waals surface area (Å²) in [4.78, 5) is 22.5. The van der Waals surface area contributed by atoms with E-state index in [2.05, 4.69) is 9.97 Å². The third-order valence-corrected chi connectivity index (χ3v) is 6.06. The molecule has 0 radical (unpaired) electrons. The Kier molecular flexibility index (Phi) is 4.98. The molecule has 5 rings (SSSR count). The molecule has 32 heavy (non-hydrogen) atoms. The summed E-state index contributed by atoms with van der Waals surface area (Å²) in [6.45, 7) is 2.55. The Bertz CT molecular complexity index is 1160. The summed E-state index contributed by atoms with van der Waals surface area (Å²) in [5, 5.41) is 0.528. The number of hydrogen-bond acceptors (Lipinski definition) is 4. The van der Waals surface area contributed by atoms with E-state index in [9.17, 15) is 18.0 Å². The molecule has 10 heteroatoms. The van der Waals surface area contributed by atoms with Gasteiger partial charge in [-0.1, -0.05) is 23.7 Å². The van der Waals surface area contributed by atoms with E-state index in [4.69, 9.17) is 16.3 Å². The number of carbonyl (C=O) groups excluding carboxylic acids is 1. The van der Waals surface area contributed by atoms with E-state index in [1.165, 1.54) is 12.4 Å². The van der Waals surface area contributed by atoms with Gasteiger partial charge in [-0.3, -0.25) is 9.78 Å². The molecular formula is C22H18ClF3N4O2. The summed E-state index contributed by atoms with van der Waals surface area (Å²) < 4.78 is 46.7. The van der Waals surface area contributed by atoms with E-state index in [0.717, 1.165) is 12.3 Å². The number of carbonyl (C=O) groups is 1. The van der Waals surface area contributed by atoms with Gasteiger partial charge < -0.3 is 14.2 Å². The molecule has 0 atom stereocenters. The van der Waals surface area contributed by atoms with Gasteiger partial charge in [0.05, 0.1) is 36.3 Å². The number of halogens is 4. The van der Waals surface area contributed by atoms with E-state index >= 15 is 0 Å². The average Bonchev–Trinajstić information content (AvgIpc) is 3.09. The molecule has 0 saturated carbocycles. The fourth-order valence-electron chi connectivity index (χ4n) is 4.12. The highest BCUT2D eigenvalue weighted by Crippen LogP contribution is 2.38. The molecule has 1 spiro atoms. The fourth-order valence-corrected chi connectivity index (χ4v) is 4.24. The lowest BCUT2D eigenvalue weighted by atomic mass is 9.78. The lowest BCUT2D eigenvalue weighted by molar-refractivity contribution is -0.195. The predicted molar refractivity (Wildman–Crippen MR) is 111 cm³/mol. The van der Waals surface area contributed by atoms with Crippen molar-refractivity contribution in [3.8, 4) is 22.5 Å². The Balaban J connectivity index is 1.51. The Morgan fingerprint density at radius 3 is 2.44 bits per heavy atom. The van der Waals surface area contributed by atoms with E-state index in [-0.39, 0.29) is 23.4 Å². The highest BCUT2D eigenvalue weighted by atomic mass is 35.5. The van der Waals surface area contributed by atoms with Crippen LogP contribution in [0.3, 0.4) is 0 Å². The van der Waals surface area contributed by atoms with Crippen LogP contribution in [-0.4, -0.2) is 51.6 Å². The molecule has 2 fully saturated rings. The second kappa shape index (κ2) is 7.60. The molecule has 2 aliphatic heterocycles. The van der Waals surface area contributed by atoms with Crippen molar-refractivity contribution >= 4 is 17.5 Å². The zero-order valence-electron chi connectivity index (χ0n) is 16.8. The molecule has 2 saturated heterocycles. The molecule has 6 nitrogen and oxygen atoms in total. The van der Waals surface area contributed by atoms with Gasteiger partial charge in [0, 0.05) is 35.4 Å². The maximum absolute atomic E-state index is 13.3. The quantitative estimate of drug-likeness (QED) is 0.584. The first-order chi connectivity index (χ1) is 15.2. The summed E-state index contributed by atoms with van der Waals surface area (Å²) in [5.74, 6) is -0.117. The number of alkyl halides is 3. The molecule has 1 amide bonds. The van der Waals surface area contributed by atoms with Crippen molar-refractivity contribution in [2.75, 3.05) is 26.3 Å². The monoisotopic (exact) mass is 462 g/mol. The van der Waals surface area contributed by atoms with Crippen molar-refractivity contribution in [3.05, 3.63) is 59.6 Å². The van der Waals surface area contributed by atoms with E-state index in [0.29, 0.717) is 48.3 Å². The minimum Gasteiger partial charge on any atom is -0.380 e. The number of benzene rings is 1. The van der Waals surface area contributed by atoms with Crippen LogP contribution in [0.5, 0.6) is 0 Å². The van der Waals surface area contributed by atoms with Crippen LogP contribution in [-0.2, 0) is 22.3 Å². The fraction of sp³-hybridized carbons (Fsp3) is 0.318. The van der Waals surface area contributed by atoms with E-state index in [1.54, 1.807) is 33.7 Å². The molecule has 0 bridgehead atoms. The Morgan fingerprint density at radius 1 is 1.09 bits per heavy atom. The van der Waals surface area contributed by atoms with Crippen LogP contribution in [0.2, 0.25) is 5.02 Å². The highest BCUT2D eigenvalue weighted by Gasteiger charge is 2.50. The molecular weight excluding hydrogens is 445 g/mol. The number of rotatable bonds is 4. The van der Waals surface area contributed by atoms with Gasteiger partial charge in [-0.05, 0) is 24.3 Å². The van der Waals surface area contributed by atoms with Crippen molar-refractivity contribution in [1.29, 1.82) is 0 Å². The standard InChI is InChI=1S/C22H18ClF3N4O2/c23-16-3-1-14(2-4-16)19-20(15-5-6-27-17(7-15)22(24,25)26)29(13-28-19)8-18(31)30-9-21(10-30)11-32-12-21/h1-7,13H,8-12H2. The molecule has 1 aromatic carbocycles. The van der Waals surface area contributed by atoms with Crippen molar-refractivity contribution in [3.63, 3.8) is 0 Å². The van der Waals surface area contributed by atoms with Crippen molar-refractivity contribution in [2.45, 2.75) is 12.7 Å². The number of pyridine rings is 1. The third-order valence-electron chi connectivity index (χ3n) is 5.81. The zero-order valence-corrected chi connectivity index (χ0v) is 17.5. The predicted octanol–water partition coefficient (Wildman–Crippen LogP) is 4.14. The first kappa shape index (κ1) is 21.0. The van der Waals surface area contributed by atoms with Gasteiger partial charge in [0.1, 0.15) is 12.2 Å². The molecule has 4 heterocycles. The largest absolute Gasteiger partial charge is 0.433 e. The van der Waals surface area contributed by atoms with Gasteiger partial charge in [0.15, 0.2) is 0 Å². The van der Waals surface area contributed by atoms with Crippen LogP contribution in [0.4, 0.5) is 13.2 Å². The molecule has 0 unspecified atom stereocenters. The highest BCUT2D eigenvalue weighted by molar-refractivity contribution is 6.30. The topological polar surface area (TPSA) is 60.2 Å². The number of hydrogen-bond donors (Lipinski definition) is 0. The molecule has 2 aromatic heterocycles. The van der Waals surface area contributed by atoms with Gasteiger partial charge in [-0.15, -0.1) is 0 Å². The zero-order chi connectivity index (χ0) is 22.5. The maximum atomic E-state index is 13.3. The van der Waals surface area contributed by atoms with Crippen molar-refractivity contribution in [2.24, 2.45) is 5.41 Å². The number of aromatic nitrogens is 3. The second-order valence-corrected chi connectivity index (χ2v) is 8.68. The summed E-state index contributed by atoms with van der Waals surface area (Å²) in [6, 6.07) is 9.29. The minimum atomic E-state index is -4.59. The van der Waals surface area contributed by atoms with Crippen LogP contribution in [0.25, 0.3) is 22.5 Å². The lowest BCUT2D eigenvalue weighted by Gasteiger charge is -2.54. The van der Waals surface area contributed by atoms with Gasteiger partial charge in [-0.25, -0.2) is 4.98 Å². The summed E-state index contributed by atoms with van der Waals surface area (Å²) in [5.41, 5.74) is 0.891. The Labute approximate surface area is 186 Å². The molecule has 3 aromatic rings. The van der Waals surface area contributed by atoms with Gasteiger partial charge in [0.2, 0.25) is 5.91 Å². The SMILES string of the molecule is O=C(Cn1cnc(-c2ccc(Cl)cc2)c1-c1ccnc(C(F)(F)F)c1)N1CC2(COC2)C1. The Hall–Kier alpha value is -2.91. The van der Waals surface area contributed by atoms with E-state index in [1.807, 2.05) is 0 Å². The van der Waals surface area contributed by atoms with Crippen LogP contribution < -0.4 is 0 Å². The van der Waals surface area contributed by atoms with Crippen LogP contribution in [0.15, 0.2) is 48.9 Å². The lowest BCUT2D eigenvalue weighted by Crippen LogP contribution is -2.67. The van der Waals surface area contributed by atoms with Crippen molar-refractivity contribution in [1.82, 2.24) is 19.4 Å². The third kappa shape index (κ3) is 3.75. The van der Waals surface area contributed by atoms with Crippen molar-refractivity contribution < 1.29 is 22.7 Å². The number of amides is 1. The maximum Gasteiger partial charge on any atom is 0.433 e. The van der Waals surface area contributed by atoms with Crippen LogP contribution in [0, 0.1) is 5.41 Å². The van der Waals surface area contributed by atoms with E-state index < -0.39 is 11.9 Å². The van der Waals surface area contributed by atoms with Gasteiger partial charge in [-0.2, -0.15) is 13.2 Å². The minimum absolute atomic E-state index is 0.0312. The molecule has 0 N–H and O–H groups in total. The summed E-state index contributed by atoms with van der Waals surface area (Å²) in [6.07, 6.45) is -2.00. The number of likely N-dealkylation sites (tertiary alicyclic amines) is 1. The first-order valence-electron chi connectivity index (χ1n) is 9.94. The second-order valence-electron chi connectivity index (χ2n) is 8.25. The number of nitrogens with zero attached hydrogens (tertiary/aromatic N) is 4. The number of ether oxygens (including phenoxy) is 1. The van der Waals surface area contributed by atoms with Crippen LogP contribution >= 0.6 is 11.6 Å². The number of imidazole rings is 1. The van der Waals surface area contributed by atoms with Gasteiger partial charge >= 0.3 is 6.18 Å². The smallest absolute Gasteiger partial charge is 0.380 e. The van der Waals surface area contributed by atoms with Crippen LogP contribution in [0.1, 0.15) is 5.69 Å². The summed E-state index contributed by atoms with van der Waals surface area (Å²) in [7, 11) is 0. The average molecular weight is 463 g/mol. The van der Waals surface area contributed by atoms with Gasteiger partial charge in [0.25, 0.3) is 0 Å². The normalized spacial score (nSPS) is 17.2. The Morgan fingerprint density at radius 2 is 1.81 bits per heavy atom. The molecule has 2 aliphatic rings. The molecule has 0 aliphatic carbocycles. The first-order valence-corrected chi connectivity index (χ1v) is 10.3. The molecule has 166 valence electrons. The summed E-state index contributed by atoms with van der Waals surface area (Å²) >= 11 is 5.98.